The molecule has 1 saturated heterocycles. The van der Waals surface area contributed by atoms with E-state index < -0.39 is 0 Å². The van der Waals surface area contributed by atoms with Gasteiger partial charge in [0.25, 0.3) is 0 Å². The van der Waals surface area contributed by atoms with Crippen molar-refractivity contribution in [2.75, 3.05) is 19.6 Å². The van der Waals surface area contributed by atoms with E-state index in [0.717, 1.165) is 17.9 Å². The number of benzene rings is 1. The summed E-state index contributed by atoms with van der Waals surface area (Å²) in [6.07, 6.45) is 5.41. The Labute approximate surface area is 110 Å². The van der Waals surface area contributed by atoms with Crippen LogP contribution in [0.5, 0.6) is 0 Å². The molecule has 2 heteroatoms. The average Bonchev–Trinajstić information content (AvgIpc) is 3.22. The SMILES string of the molecule is c1ccc(C2CC2NCC2CCCNCC2)cc1. The number of rotatable bonds is 4. The molecule has 1 saturated carbocycles. The monoisotopic (exact) mass is 244 g/mol. The lowest BCUT2D eigenvalue weighted by atomic mass is 10.0. The minimum atomic E-state index is 0.739. The van der Waals surface area contributed by atoms with Crippen LogP contribution < -0.4 is 10.6 Å². The van der Waals surface area contributed by atoms with Crippen LogP contribution in [0.2, 0.25) is 0 Å². The fourth-order valence-corrected chi connectivity index (χ4v) is 3.10. The Balaban J connectivity index is 1.43. The molecule has 0 spiro atoms. The van der Waals surface area contributed by atoms with Crippen molar-refractivity contribution in [1.29, 1.82) is 0 Å². The topological polar surface area (TPSA) is 24.1 Å². The van der Waals surface area contributed by atoms with Gasteiger partial charge in [-0.3, -0.25) is 0 Å². The molecule has 18 heavy (non-hydrogen) atoms. The second-order valence-corrected chi connectivity index (χ2v) is 5.81. The van der Waals surface area contributed by atoms with Crippen LogP contribution in [-0.4, -0.2) is 25.7 Å². The van der Waals surface area contributed by atoms with E-state index in [1.807, 2.05) is 0 Å². The number of hydrogen-bond donors (Lipinski definition) is 2. The van der Waals surface area contributed by atoms with Crippen molar-refractivity contribution < 1.29 is 0 Å². The largest absolute Gasteiger partial charge is 0.317 e. The molecule has 1 aromatic rings. The Kier molecular flexibility index (Phi) is 3.96. The smallest absolute Gasteiger partial charge is 0.0143 e. The molecule has 1 aromatic carbocycles. The first-order valence-electron chi connectivity index (χ1n) is 7.42. The van der Waals surface area contributed by atoms with Gasteiger partial charge in [-0.1, -0.05) is 30.3 Å². The van der Waals surface area contributed by atoms with E-state index in [9.17, 15) is 0 Å². The molecule has 1 heterocycles. The molecule has 1 aliphatic carbocycles. The van der Waals surface area contributed by atoms with Gasteiger partial charge in [-0.05, 0) is 56.8 Å². The van der Waals surface area contributed by atoms with Crippen molar-refractivity contribution >= 4 is 0 Å². The zero-order valence-electron chi connectivity index (χ0n) is 11.1. The third-order valence-electron chi connectivity index (χ3n) is 4.38. The summed E-state index contributed by atoms with van der Waals surface area (Å²) >= 11 is 0. The van der Waals surface area contributed by atoms with Gasteiger partial charge in [0.15, 0.2) is 0 Å². The van der Waals surface area contributed by atoms with Crippen LogP contribution in [-0.2, 0) is 0 Å². The van der Waals surface area contributed by atoms with Gasteiger partial charge in [-0.25, -0.2) is 0 Å². The third-order valence-corrected chi connectivity index (χ3v) is 4.38. The van der Waals surface area contributed by atoms with Crippen molar-refractivity contribution in [1.82, 2.24) is 10.6 Å². The molecular weight excluding hydrogens is 220 g/mol. The van der Waals surface area contributed by atoms with Gasteiger partial charge in [0.05, 0.1) is 0 Å². The van der Waals surface area contributed by atoms with Gasteiger partial charge in [0, 0.05) is 12.0 Å². The first-order valence-corrected chi connectivity index (χ1v) is 7.42. The van der Waals surface area contributed by atoms with Gasteiger partial charge in [-0.2, -0.15) is 0 Å². The minimum Gasteiger partial charge on any atom is -0.317 e. The first-order chi connectivity index (χ1) is 8.93. The average molecular weight is 244 g/mol. The van der Waals surface area contributed by atoms with Crippen LogP contribution >= 0.6 is 0 Å². The molecule has 0 bridgehead atoms. The Bertz CT molecular complexity index is 355. The van der Waals surface area contributed by atoms with Crippen LogP contribution in [0.4, 0.5) is 0 Å². The Morgan fingerprint density at radius 3 is 2.89 bits per heavy atom. The highest BCUT2D eigenvalue weighted by molar-refractivity contribution is 5.27. The van der Waals surface area contributed by atoms with Crippen molar-refractivity contribution in [3.8, 4) is 0 Å². The zero-order chi connectivity index (χ0) is 12.2. The Morgan fingerprint density at radius 1 is 1.11 bits per heavy atom. The lowest BCUT2D eigenvalue weighted by Gasteiger charge is -2.14. The maximum atomic E-state index is 3.77. The Hall–Kier alpha value is -0.860. The summed E-state index contributed by atoms with van der Waals surface area (Å²) in [6, 6.07) is 11.7. The highest BCUT2D eigenvalue weighted by Gasteiger charge is 2.37. The fourth-order valence-electron chi connectivity index (χ4n) is 3.10. The Morgan fingerprint density at radius 2 is 2.00 bits per heavy atom. The lowest BCUT2D eigenvalue weighted by molar-refractivity contribution is 0.431. The van der Waals surface area contributed by atoms with E-state index >= 15 is 0 Å². The molecule has 3 atom stereocenters. The molecule has 98 valence electrons. The normalized spacial score (nSPS) is 31.9. The summed E-state index contributed by atoms with van der Waals surface area (Å²) in [7, 11) is 0. The first kappa shape index (κ1) is 12.2. The predicted octanol–water partition coefficient (Wildman–Crippen LogP) is 2.52. The molecule has 0 radical (unpaired) electrons. The lowest BCUT2D eigenvalue weighted by Crippen LogP contribution is -2.26. The second-order valence-electron chi connectivity index (χ2n) is 5.81. The molecular formula is C16H24N2. The van der Waals surface area contributed by atoms with Crippen LogP contribution in [0.3, 0.4) is 0 Å². The molecule has 0 amide bonds. The summed E-state index contributed by atoms with van der Waals surface area (Å²) in [6.45, 7) is 3.64. The molecule has 3 rings (SSSR count). The quantitative estimate of drug-likeness (QED) is 0.850. The molecule has 1 aliphatic heterocycles. The van der Waals surface area contributed by atoms with Crippen molar-refractivity contribution in [3.63, 3.8) is 0 Å². The summed E-state index contributed by atoms with van der Waals surface area (Å²) in [5.74, 6) is 1.66. The van der Waals surface area contributed by atoms with Gasteiger partial charge < -0.3 is 10.6 Å². The van der Waals surface area contributed by atoms with Gasteiger partial charge >= 0.3 is 0 Å². The summed E-state index contributed by atoms with van der Waals surface area (Å²) < 4.78 is 0. The summed E-state index contributed by atoms with van der Waals surface area (Å²) in [5, 5.41) is 7.26. The van der Waals surface area contributed by atoms with Crippen molar-refractivity contribution in [3.05, 3.63) is 35.9 Å². The second kappa shape index (κ2) is 5.85. The molecule has 2 nitrogen and oxygen atoms in total. The fraction of sp³-hybridized carbons (Fsp3) is 0.625. The maximum absolute atomic E-state index is 3.77. The highest BCUT2D eigenvalue weighted by Crippen LogP contribution is 2.40. The maximum Gasteiger partial charge on any atom is 0.0143 e. The molecule has 2 fully saturated rings. The third kappa shape index (κ3) is 3.12. The molecule has 0 aromatic heterocycles. The van der Waals surface area contributed by atoms with E-state index in [4.69, 9.17) is 0 Å². The summed E-state index contributed by atoms with van der Waals surface area (Å²) in [4.78, 5) is 0. The minimum absolute atomic E-state index is 0.739. The van der Waals surface area contributed by atoms with Gasteiger partial charge in [0.2, 0.25) is 0 Å². The van der Waals surface area contributed by atoms with Crippen molar-refractivity contribution in [2.24, 2.45) is 5.92 Å². The van der Waals surface area contributed by atoms with Gasteiger partial charge in [-0.15, -0.1) is 0 Å². The van der Waals surface area contributed by atoms with Crippen molar-refractivity contribution in [2.45, 2.75) is 37.6 Å². The zero-order valence-corrected chi connectivity index (χ0v) is 11.1. The van der Waals surface area contributed by atoms with Crippen LogP contribution in [0.1, 0.15) is 37.2 Å². The standard InChI is InChI=1S/C16H24N2/c1-2-6-14(7-3-1)15-11-16(15)18-12-13-5-4-9-17-10-8-13/h1-3,6-7,13,15-18H,4-5,8-12H2. The molecule has 3 unspecified atom stereocenters. The molecule has 2 N–H and O–H groups in total. The molecule has 2 aliphatic rings. The van der Waals surface area contributed by atoms with E-state index in [1.54, 1.807) is 0 Å². The predicted molar refractivity (Wildman–Crippen MR) is 75.8 cm³/mol. The van der Waals surface area contributed by atoms with E-state index in [2.05, 4.69) is 41.0 Å². The van der Waals surface area contributed by atoms with E-state index in [1.165, 1.54) is 50.9 Å². The van der Waals surface area contributed by atoms with E-state index in [-0.39, 0.29) is 0 Å². The van der Waals surface area contributed by atoms with Crippen LogP contribution in [0, 0.1) is 5.92 Å². The van der Waals surface area contributed by atoms with Crippen LogP contribution in [0.25, 0.3) is 0 Å². The number of hydrogen-bond acceptors (Lipinski definition) is 2. The summed E-state index contributed by atoms with van der Waals surface area (Å²) in [5.41, 5.74) is 1.51. The highest BCUT2D eigenvalue weighted by atomic mass is 15.0. The van der Waals surface area contributed by atoms with Gasteiger partial charge in [0.1, 0.15) is 0 Å². The van der Waals surface area contributed by atoms with Crippen LogP contribution in [0.15, 0.2) is 30.3 Å². The number of nitrogens with one attached hydrogen (secondary N) is 2. The van der Waals surface area contributed by atoms with E-state index in [0.29, 0.717) is 0 Å².